The van der Waals surface area contributed by atoms with Crippen molar-refractivity contribution < 1.29 is 9.53 Å². The summed E-state index contributed by atoms with van der Waals surface area (Å²) in [6.07, 6.45) is 4.77. The molecule has 1 aliphatic rings. The number of halogens is 1. The first-order chi connectivity index (χ1) is 8.65. The highest BCUT2D eigenvalue weighted by Gasteiger charge is 2.24. The molecule has 0 spiro atoms. The maximum Gasteiger partial charge on any atom is 0.338 e. The van der Waals surface area contributed by atoms with E-state index in [9.17, 15) is 4.79 Å². The van der Waals surface area contributed by atoms with Gasteiger partial charge in [-0.1, -0.05) is 24.6 Å². The number of hydrogen-bond donors (Lipinski definition) is 0. The van der Waals surface area contributed by atoms with Crippen molar-refractivity contribution in [2.45, 2.75) is 32.6 Å². The minimum Gasteiger partial charge on any atom is -0.462 e. The molecule has 97 valence electrons. The number of carbonyl (C=O) groups excluding carboxylic acids is 1. The van der Waals surface area contributed by atoms with Gasteiger partial charge in [-0.15, -0.1) is 0 Å². The standard InChI is InChI=1S/C15H18ClO2/c1-11-8-12(9-11)4-3-7-18-15(17)13-5-2-6-14(16)10-13/h2,6,10-12H,3-4,7-9H2,1H3. The van der Waals surface area contributed by atoms with Crippen LogP contribution in [0.15, 0.2) is 18.2 Å². The summed E-state index contributed by atoms with van der Waals surface area (Å²) >= 11 is 5.80. The van der Waals surface area contributed by atoms with Crippen molar-refractivity contribution in [1.82, 2.24) is 0 Å². The molecule has 0 unspecified atom stereocenters. The van der Waals surface area contributed by atoms with Crippen molar-refractivity contribution in [3.05, 3.63) is 34.9 Å². The Morgan fingerprint density at radius 3 is 3.00 bits per heavy atom. The van der Waals surface area contributed by atoms with Crippen molar-refractivity contribution >= 4 is 17.6 Å². The fourth-order valence-corrected chi connectivity index (χ4v) is 2.65. The van der Waals surface area contributed by atoms with E-state index in [1.807, 2.05) is 0 Å². The van der Waals surface area contributed by atoms with Crippen molar-refractivity contribution in [2.75, 3.05) is 6.61 Å². The molecule has 0 saturated heterocycles. The zero-order chi connectivity index (χ0) is 13.0. The van der Waals surface area contributed by atoms with Gasteiger partial charge in [-0.05, 0) is 55.7 Å². The van der Waals surface area contributed by atoms with E-state index < -0.39 is 0 Å². The highest BCUT2D eigenvalue weighted by Crippen LogP contribution is 2.36. The van der Waals surface area contributed by atoms with Crippen LogP contribution in [0.3, 0.4) is 0 Å². The summed E-state index contributed by atoms with van der Waals surface area (Å²) in [6.45, 7) is 2.77. The Hall–Kier alpha value is -1.02. The number of hydrogen-bond acceptors (Lipinski definition) is 2. The van der Waals surface area contributed by atoms with Crippen molar-refractivity contribution in [3.63, 3.8) is 0 Å². The van der Waals surface area contributed by atoms with E-state index in [-0.39, 0.29) is 5.97 Å². The van der Waals surface area contributed by atoms with Gasteiger partial charge in [0.1, 0.15) is 0 Å². The first-order valence-corrected chi connectivity index (χ1v) is 6.87. The summed E-state index contributed by atoms with van der Waals surface area (Å²) in [5.74, 6) is 1.40. The average molecular weight is 266 g/mol. The van der Waals surface area contributed by atoms with Crippen LogP contribution in [0, 0.1) is 17.9 Å². The molecule has 18 heavy (non-hydrogen) atoms. The van der Waals surface area contributed by atoms with Gasteiger partial charge in [0, 0.05) is 5.02 Å². The van der Waals surface area contributed by atoms with Crippen LogP contribution in [0.4, 0.5) is 0 Å². The molecule has 0 aliphatic heterocycles. The Morgan fingerprint density at radius 1 is 1.56 bits per heavy atom. The molecule has 0 aromatic heterocycles. The first-order valence-electron chi connectivity index (χ1n) is 6.49. The Labute approximate surface area is 113 Å². The average Bonchev–Trinajstić information content (AvgIpc) is 2.31. The van der Waals surface area contributed by atoms with Gasteiger partial charge in [-0.25, -0.2) is 4.79 Å². The molecule has 1 aromatic carbocycles. The second-order valence-electron chi connectivity index (χ2n) is 5.14. The van der Waals surface area contributed by atoms with E-state index in [1.165, 1.54) is 12.8 Å². The minimum absolute atomic E-state index is 0.334. The van der Waals surface area contributed by atoms with Crippen LogP contribution in [-0.4, -0.2) is 12.6 Å². The van der Waals surface area contributed by atoms with Crippen LogP contribution in [0.1, 0.15) is 43.0 Å². The Balaban J connectivity index is 1.66. The molecule has 2 rings (SSSR count). The number of benzene rings is 1. The monoisotopic (exact) mass is 265 g/mol. The highest BCUT2D eigenvalue weighted by molar-refractivity contribution is 6.30. The van der Waals surface area contributed by atoms with Crippen LogP contribution >= 0.6 is 11.6 Å². The smallest absolute Gasteiger partial charge is 0.338 e. The van der Waals surface area contributed by atoms with Crippen LogP contribution in [0.2, 0.25) is 5.02 Å². The van der Waals surface area contributed by atoms with Crippen LogP contribution < -0.4 is 0 Å². The van der Waals surface area contributed by atoms with E-state index >= 15 is 0 Å². The molecule has 1 aromatic rings. The summed E-state index contributed by atoms with van der Waals surface area (Å²) in [4.78, 5) is 11.7. The van der Waals surface area contributed by atoms with Gasteiger partial charge in [0.15, 0.2) is 0 Å². The van der Waals surface area contributed by atoms with E-state index in [0.717, 1.165) is 24.7 Å². The number of carbonyl (C=O) groups is 1. The third-order valence-corrected chi connectivity index (χ3v) is 3.68. The zero-order valence-electron chi connectivity index (χ0n) is 10.6. The fourth-order valence-electron chi connectivity index (χ4n) is 2.48. The molecular formula is C15H18ClO2. The summed E-state index contributed by atoms with van der Waals surface area (Å²) < 4.78 is 5.20. The lowest BCUT2D eigenvalue weighted by Crippen LogP contribution is -2.21. The summed E-state index contributed by atoms with van der Waals surface area (Å²) in [7, 11) is 0. The maximum absolute atomic E-state index is 11.7. The van der Waals surface area contributed by atoms with E-state index in [4.69, 9.17) is 16.3 Å². The maximum atomic E-state index is 11.7. The summed E-state index contributed by atoms with van der Waals surface area (Å²) in [5, 5.41) is 0.532. The van der Waals surface area contributed by atoms with E-state index in [2.05, 4.69) is 13.0 Å². The molecule has 1 fully saturated rings. The van der Waals surface area contributed by atoms with Gasteiger partial charge in [0.05, 0.1) is 12.2 Å². The quantitative estimate of drug-likeness (QED) is 0.591. The topological polar surface area (TPSA) is 26.3 Å². The molecule has 1 saturated carbocycles. The predicted octanol–water partition coefficient (Wildman–Crippen LogP) is 4.12. The molecule has 0 atom stereocenters. The SMILES string of the molecule is CC1CC(CCCOC(=O)c2[c]ccc(Cl)c2)C1. The second kappa shape index (κ2) is 6.24. The van der Waals surface area contributed by atoms with Gasteiger partial charge >= 0.3 is 5.97 Å². The van der Waals surface area contributed by atoms with Crippen molar-refractivity contribution in [3.8, 4) is 0 Å². The fraction of sp³-hybridized carbons (Fsp3) is 0.533. The van der Waals surface area contributed by atoms with Crippen molar-refractivity contribution in [2.24, 2.45) is 11.8 Å². The van der Waals surface area contributed by atoms with Gasteiger partial charge in [-0.3, -0.25) is 0 Å². The van der Waals surface area contributed by atoms with Crippen molar-refractivity contribution in [1.29, 1.82) is 0 Å². The van der Waals surface area contributed by atoms with Gasteiger partial charge in [-0.2, -0.15) is 0 Å². The lowest BCUT2D eigenvalue weighted by molar-refractivity contribution is 0.0482. The molecule has 1 aliphatic carbocycles. The Bertz CT molecular complexity index is 411. The molecular weight excluding hydrogens is 248 g/mol. The Kier molecular flexibility index (Phi) is 4.65. The molecule has 0 amide bonds. The number of rotatable bonds is 5. The second-order valence-corrected chi connectivity index (χ2v) is 5.58. The molecule has 0 heterocycles. The summed E-state index contributed by atoms with van der Waals surface area (Å²) in [6, 6.07) is 7.73. The zero-order valence-corrected chi connectivity index (χ0v) is 11.4. The molecule has 0 bridgehead atoms. The first kappa shape index (κ1) is 13.4. The number of ether oxygens (including phenoxy) is 1. The summed E-state index contributed by atoms with van der Waals surface area (Å²) in [5.41, 5.74) is 0.403. The molecule has 1 radical (unpaired) electrons. The normalized spacial score (nSPS) is 22.3. The lowest BCUT2D eigenvalue weighted by atomic mass is 9.74. The molecule has 3 heteroatoms. The molecule has 0 N–H and O–H groups in total. The minimum atomic E-state index is -0.334. The van der Waals surface area contributed by atoms with Crippen LogP contribution in [0.5, 0.6) is 0 Å². The third kappa shape index (κ3) is 3.74. The van der Waals surface area contributed by atoms with Gasteiger partial charge < -0.3 is 4.74 Å². The predicted molar refractivity (Wildman–Crippen MR) is 71.7 cm³/mol. The third-order valence-electron chi connectivity index (χ3n) is 3.44. The largest absolute Gasteiger partial charge is 0.462 e. The van der Waals surface area contributed by atoms with E-state index in [0.29, 0.717) is 17.2 Å². The number of esters is 1. The Morgan fingerprint density at radius 2 is 2.33 bits per heavy atom. The lowest BCUT2D eigenvalue weighted by Gasteiger charge is -2.32. The van der Waals surface area contributed by atoms with Crippen LogP contribution in [0.25, 0.3) is 0 Å². The van der Waals surface area contributed by atoms with Crippen LogP contribution in [-0.2, 0) is 4.74 Å². The van der Waals surface area contributed by atoms with Gasteiger partial charge in [0.2, 0.25) is 0 Å². The van der Waals surface area contributed by atoms with Gasteiger partial charge in [0.25, 0.3) is 0 Å². The van der Waals surface area contributed by atoms with E-state index in [1.54, 1.807) is 18.2 Å². The molecule has 2 nitrogen and oxygen atoms in total. The highest BCUT2D eigenvalue weighted by atomic mass is 35.5.